The summed E-state index contributed by atoms with van der Waals surface area (Å²) in [4.78, 5) is 23.2. The van der Waals surface area contributed by atoms with Crippen LogP contribution in [0.15, 0.2) is 10.5 Å². The Kier molecular flexibility index (Phi) is 5.69. The van der Waals surface area contributed by atoms with Crippen LogP contribution in [-0.4, -0.2) is 52.2 Å². The normalized spacial score (nSPS) is 17.9. The van der Waals surface area contributed by atoms with Gasteiger partial charge in [0.1, 0.15) is 16.9 Å². The molecule has 1 saturated heterocycles. The lowest BCUT2D eigenvalue weighted by Crippen LogP contribution is -2.55. The molecule has 0 aliphatic carbocycles. The van der Waals surface area contributed by atoms with Crippen molar-refractivity contribution in [3.8, 4) is 0 Å². The number of carbonyl (C=O) groups is 1. The standard InChI is InChI=1S/C18H20BrClF2N4O2/c1-9-8-25(17(27)28-18(2,3)4)5-6-26(9)15-10-7-11(20)12(19)13(21)14(10)23-16(22)24-15/h7,9H,5-6,8H2,1-4H3/t9-/m0/s1. The number of nitrogens with zero attached hydrogens (tertiary/aromatic N) is 4. The first-order chi connectivity index (χ1) is 13.0. The lowest BCUT2D eigenvalue weighted by Gasteiger charge is -2.41. The van der Waals surface area contributed by atoms with Crippen LogP contribution in [0, 0.1) is 11.9 Å². The molecule has 2 heterocycles. The second-order valence-electron chi connectivity index (χ2n) is 7.67. The van der Waals surface area contributed by atoms with Crippen LogP contribution in [0.2, 0.25) is 5.02 Å². The van der Waals surface area contributed by atoms with Crippen molar-refractivity contribution in [2.45, 2.75) is 39.3 Å². The molecule has 6 nitrogen and oxygen atoms in total. The van der Waals surface area contributed by atoms with E-state index < -0.39 is 23.6 Å². The van der Waals surface area contributed by atoms with Gasteiger partial charge in [-0.15, -0.1) is 0 Å². The summed E-state index contributed by atoms with van der Waals surface area (Å²) >= 11 is 9.13. The first-order valence-corrected chi connectivity index (χ1v) is 9.90. The van der Waals surface area contributed by atoms with Gasteiger partial charge in [0.15, 0.2) is 5.82 Å². The van der Waals surface area contributed by atoms with Gasteiger partial charge in [-0.3, -0.25) is 0 Å². The molecule has 10 heteroatoms. The summed E-state index contributed by atoms with van der Waals surface area (Å²) in [6.45, 7) is 8.37. The van der Waals surface area contributed by atoms with Crippen LogP contribution >= 0.6 is 27.5 Å². The highest BCUT2D eigenvalue weighted by Gasteiger charge is 2.32. The summed E-state index contributed by atoms with van der Waals surface area (Å²) in [6, 6.07) is 1.30. The summed E-state index contributed by atoms with van der Waals surface area (Å²) in [5, 5.41) is 0.450. The van der Waals surface area contributed by atoms with Crippen molar-refractivity contribution in [2.75, 3.05) is 24.5 Å². The molecular formula is C18H20BrClF2N4O2. The predicted molar refractivity (Wildman–Crippen MR) is 107 cm³/mol. The highest BCUT2D eigenvalue weighted by molar-refractivity contribution is 9.10. The highest BCUT2D eigenvalue weighted by Crippen LogP contribution is 2.36. The number of fused-ring (bicyclic) bond motifs is 1. The first kappa shape index (κ1) is 21.0. The number of rotatable bonds is 1. The van der Waals surface area contributed by atoms with Gasteiger partial charge in [-0.05, 0) is 49.7 Å². The van der Waals surface area contributed by atoms with Gasteiger partial charge in [0.25, 0.3) is 0 Å². The van der Waals surface area contributed by atoms with Crippen molar-refractivity contribution in [3.63, 3.8) is 0 Å². The van der Waals surface area contributed by atoms with Crippen molar-refractivity contribution in [3.05, 3.63) is 27.5 Å². The number of halogens is 4. The monoisotopic (exact) mass is 476 g/mol. The van der Waals surface area contributed by atoms with E-state index in [1.165, 1.54) is 6.07 Å². The second-order valence-corrected chi connectivity index (χ2v) is 8.87. The fourth-order valence-electron chi connectivity index (χ4n) is 3.11. The molecule has 2 aromatic rings. The third-order valence-corrected chi connectivity index (χ3v) is 5.63. The van der Waals surface area contributed by atoms with Crippen LogP contribution in [0.25, 0.3) is 10.9 Å². The zero-order chi connectivity index (χ0) is 20.8. The minimum atomic E-state index is -1.03. The predicted octanol–water partition coefficient (Wildman–Crippen LogP) is 4.77. The van der Waals surface area contributed by atoms with E-state index in [9.17, 15) is 13.6 Å². The van der Waals surface area contributed by atoms with E-state index in [4.69, 9.17) is 16.3 Å². The van der Waals surface area contributed by atoms with Gasteiger partial charge < -0.3 is 14.5 Å². The molecule has 0 spiro atoms. The van der Waals surface area contributed by atoms with Crippen molar-refractivity contribution in [1.29, 1.82) is 0 Å². The molecule has 0 saturated carbocycles. The van der Waals surface area contributed by atoms with Crippen molar-refractivity contribution >= 4 is 50.3 Å². The van der Waals surface area contributed by atoms with E-state index >= 15 is 0 Å². The Balaban J connectivity index is 1.93. The maximum atomic E-state index is 14.5. The maximum absolute atomic E-state index is 14.5. The van der Waals surface area contributed by atoms with Crippen molar-refractivity contribution in [2.24, 2.45) is 0 Å². The number of carbonyl (C=O) groups excluding carboxylic acids is 1. The van der Waals surface area contributed by atoms with E-state index in [1.54, 1.807) is 25.7 Å². The Bertz CT molecular complexity index is 938. The lowest BCUT2D eigenvalue weighted by molar-refractivity contribution is 0.0218. The second kappa shape index (κ2) is 7.59. The molecular weight excluding hydrogens is 458 g/mol. The molecule has 1 fully saturated rings. The van der Waals surface area contributed by atoms with Gasteiger partial charge in [-0.1, -0.05) is 11.6 Å². The fourth-order valence-corrected chi connectivity index (χ4v) is 3.61. The third kappa shape index (κ3) is 4.15. The molecule has 28 heavy (non-hydrogen) atoms. The Labute approximate surface area is 174 Å². The summed E-state index contributed by atoms with van der Waals surface area (Å²) in [5.41, 5.74) is -0.744. The average Bonchev–Trinajstić information content (AvgIpc) is 2.58. The topological polar surface area (TPSA) is 58.6 Å². The van der Waals surface area contributed by atoms with Gasteiger partial charge in [0.05, 0.1) is 9.50 Å². The molecule has 0 unspecified atom stereocenters. The first-order valence-electron chi connectivity index (χ1n) is 8.73. The third-order valence-electron chi connectivity index (χ3n) is 4.33. The largest absolute Gasteiger partial charge is 0.444 e. The molecule has 1 aliphatic rings. The molecule has 0 radical (unpaired) electrons. The molecule has 152 valence electrons. The minimum Gasteiger partial charge on any atom is -0.444 e. The zero-order valence-electron chi connectivity index (χ0n) is 15.9. The Morgan fingerprint density at radius 2 is 2.00 bits per heavy atom. The van der Waals surface area contributed by atoms with E-state index in [0.29, 0.717) is 25.0 Å². The number of amides is 1. The SMILES string of the molecule is C[C@H]1CN(C(=O)OC(C)(C)C)CCN1c1nc(F)nc2c(F)c(Br)c(Cl)cc12. The number of benzene rings is 1. The van der Waals surface area contributed by atoms with Gasteiger partial charge in [0.2, 0.25) is 0 Å². The quantitative estimate of drug-likeness (QED) is 0.437. The Morgan fingerprint density at radius 3 is 2.61 bits per heavy atom. The molecule has 1 amide bonds. The van der Waals surface area contributed by atoms with Crippen LogP contribution in [0.5, 0.6) is 0 Å². The number of ether oxygens (including phenoxy) is 1. The van der Waals surface area contributed by atoms with Crippen LogP contribution in [0.1, 0.15) is 27.7 Å². The fraction of sp³-hybridized carbons (Fsp3) is 0.500. The van der Waals surface area contributed by atoms with Gasteiger partial charge >= 0.3 is 12.2 Å². The molecule has 1 aliphatic heterocycles. The Hall–Kier alpha value is -1.74. The number of piperazine rings is 1. The summed E-state index contributed by atoms with van der Waals surface area (Å²) in [7, 11) is 0. The molecule has 3 rings (SSSR count). The van der Waals surface area contributed by atoms with Gasteiger partial charge in [-0.25, -0.2) is 9.18 Å². The van der Waals surface area contributed by atoms with Gasteiger partial charge in [-0.2, -0.15) is 14.4 Å². The maximum Gasteiger partial charge on any atom is 0.410 e. The molecule has 0 bridgehead atoms. The number of hydrogen-bond acceptors (Lipinski definition) is 5. The number of hydrogen-bond donors (Lipinski definition) is 0. The number of aromatic nitrogens is 2. The zero-order valence-corrected chi connectivity index (χ0v) is 18.2. The van der Waals surface area contributed by atoms with E-state index in [2.05, 4.69) is 25.9 Å². The lowest BCUT2D eigenvalue weighted by atomic mass is 10.1. The van der Waals surface area contributed by atoms with Gasteiger partial charge in [0, 0.05) is 31.1 Å². The van der Waals surface area contributed by atoms with E-state index in [0.717, 1.165) is 0 Å². The molecule has 0 N–H and O–H groups in total. The average molecular weight is 478 g/mol. The molecule has 1 atom stereocenters. The molecule has 1 aromatic carbocycles. The van der Waals surface area contributed by atoms with Crippen LogP contribution in [-0.2, 0) is 4.74 Å². The van der Waals surface area contributed by atoms with Crippen LogP contribution in [0.3, 0.4) is 0 Å². The summed E-state index contributed by atoms with van der Waals surface area (Å²) in [6.07, 6.45) is -1.44. The smallest absolute Gasteiger partial charge is 0.410 e. The van der Waals surface area contributed by atoms with Crippen LogP contribution < -0.4 is 4.90 Å². The molecule has 1 aromatic heterocycles. The number of anilines is 1. The van der Waals surface area contributed by atoms with Crippen molar-refractivity contribution < 1.29 is 18.3 Å². The Morgan fingerprint density at radius 1 is 1.32 bits per heavy atom. The minimum absolute atomic E-state index is 0.0218. The van der Waals surface area contributed by atoms with Crippen molar-refractivity contribution in [1.82, 2.24) is 14.9 Å². The summed E-state index contributed by atoms with van der Waals surface area (Å²) in [5.74, 6) is -0.503. The van der Waals surface area contributed by atoms with E-state index in [1.807, 2.05) is 11.8 Å². The van der Waals surface area contributed by atoms with E-state index in [-0.39, 0.29) is 26.9 Å². The highest BCUT2D eigenvalue weighted by atomic mass is 79.9. The van der Waals surface area contributed by atoms with Crippen LogP contribution in [0.4, 0.5) is 19.4 Å². The summed E-state index contributed by atoms with van der Waals surface area (Å²) < 4.78 is 34.0.